The number of nitrogens with one attached hydrogen (secondary N) is 1. The number of halogens is 2. The highest BCUT2D eigenvalue weighted by atomic mass is 35.5. The van der Waals surface area contributed by atoms with E-state index < -0.39 is 5.91 Å². The summed E-state index contributed by atoms with van der Waals surface area (Å²) in [4.78, 5) is 10.9. The fraction of sp³-hybridized carbons (Fsp3) is 0.100. The van der Waals surface area contributed by atoms with Crippen molar-refractivity contribution < 1.29 is 4.79 Å². The van der Waals surface area contributed by atoms with E-state index >= 15 is 0 Å². The van der Waals surface area contributed by atoms with Crippen molar-refractivity contribution in [2.75, 3.05) is 0 Å². The quantitative estimate of drug-likeness (QED) is 0.666. The van der Waals surface area contributed by atoms with Crippen molar-refractivity contribution in [2.24, 2.45) is 5.10 Å². The lowest BCUT2D eigenvalue weighted by Crippen LogP contribution is -2.16. The number of carbonyl (C=O) groups excluding carboxylic acids is 1. The summed E-state index contributed by atoms with van der Waals surface area (Å²) >= 11 is 11.7. The van der Waals surface area contributed by atoms with Gasteiger partial charge in [0.25, 0.3) is 5.91 Å². The molecular weight excluding hydrogens is 249 g/mol. The maximum atomic E-state index is 10.9. The fourth-order valence-electron chi connectivity index (χ4n) is 0.905. The van der Waals surface area contributed by atoms with Gasteiger partial charge in [-0.15, -0.1) is 0 Å². The summed E-state index contributed by atoms with van der Waals surface area (Å²) < 4.78 is 0. The first-order valence-electron chi connectivity index (χ1n) is 4.28. The van der Waals surface area contributed by atoms with Crippen LogP contribution in [0.15, 0.2) is 23.3 Å². The van der Waals surface area contributed by atoms with Crippen molar-refractivity contribution in [1.29, 1.82) is 5.26 Å². The maximum Gasteiger partial charge on any atom is 0.254 e. The Morgan fingerprint density at radius 2 is 2.31 bits per heavy atom. The van der Waals surface area contributed by atoms with Crippen LogP contribution >= 0.6 is 23.2 Å². The number of nitriles is 1. The van der Waals surface area contributed by atoms with E-state index in [0.29, 0.717) is 15.6 Å². The largest absolute Gasteiger partial charge is 0.272 e. The van der Waals surface area contributed by atoms with Crippen molar-refractivity contribution >= 4 is 35.3 Å². The average molecular weight is 256 g/mol. The number of hydrazone groups is 1. The van der Waals surface area contributed by atoms with Crippen molar-refractivity contribution in [3.05, 3.63) is 33.8 Å². The van der Waals surface area contributed by atoms with Gasteiger partial charge in [0.15, 0.2) is 0 Å². The van der Waals surface area contributed by atoms with Crippen molar-refractivity contribution in [3.8, 4) is 6.07 Å². The minimum Gasteiger partial charge on any atom is -0.272 e. The summed E-state index contributed by atoms with van der Waals surface area (Å²) in [5.41, 5.74) is 2.77. The molecule has 6 heteroatoms. The number of hydrogen-bond acceptors (Lipinski definition) is 3. The SMILES string of the molecule is N#CCC(=O)N/N=C\c1cccc(Cl)c1Cl. The first-order valence-corrected chi connectivity index (χ1v) is 5.03. The molecule has 1 aromatic carbocycles. The summed E-state index contributed by atoms with van der Waals surface area (Å²) in [6, 6.07) is 6.77. The highest BCUT2D eigenvalue weighted by molar-refractivity contribution is 6.43. The fourth-order valence-corrected chi connectivity index (χ4v) is 1.26. The van der Waals surface area contributed by atoms with Crippen LogP contribution < -0.4 is 5.43 Å². The molecule has 0 radical (unpaired) electrons. The number of rotatable bonds is 3. The number of carbonyl (C=O) groups is 1. The Balaban J connectivity index is 2.67. The lowest BCUT2D eigenvalue weighted by Gasteiger charge is -1.99. The first kappa shape index (κ1) is 12.5. The van der Waals surface area contributed by atoms with Gasteiger partial charge in [0.1, 0.15) is 6.42 Å². The highest BCUT2D eigenvalue weighted by Crippen LogP contribution is 2.23. The molecule has 0 atom stereocenters. The van der Waals surface area contributed by atoms with Crippen LogP contribution in [0.1, 0.15) is 12.0 Å². The Morgan fingerprint density at radius 3 is 3.00 bits per heavy atom. The van der Waals surface area contributed by atoms with Crippen LogP contribution in [0.3, 0.4) is 0 Å². The molecule has 0 heterocycles. The van der Waals surface area contributed by atoms with E-state index in [1.54, 1.807) is 24.3 Å². The monoisotopic (exact) mass is 255 g/mol. The van der Waals surface area contributed by atoms with E-state index in [-0.39, 0.29) is 6.42 Å². The zero-order valence-electron chi connectivity index (χ0n) is 8.08. The molecule has 0 saturated heterocycles. The van der Waals surface area contributed by atoms with Gasteiger partial charge in [-0.1, -0.05) is 35.3 Å². The maximum absolute atomic E-state index is 10.9. The molecule has 0 saturated carbocycles. The summed E-state index contributed by atoms with van der Waals surface area (Å²) in [5.74, 6) is -0.475. The molecule has 0 spiro atoms. The summed E-state index contributed by atoms with van der Waals surface area (Å²) in [6.45, 7) is 0. The predicted octanol–water partition coefficient (Wildman–Crippen LogP) is 2.36. The Bertz CT molecular complexity index is 466. The Kier molecular flexibility index (Phi) is 4.77. The van der Waals surface area contributed by atoms with Gasteiger partial charge in [-0.2, -0.15) is 10.4 Å². The molecule has 1 N–H and O–H groups in total. The molecule has 1 amide bonds. The lowest BCUT2D eigenvalue weighted by molar-refractivity contribution is -0.120. The standard InChI is InChI=1S/C10H7Cl2N3O/c11-8-3-1-2-7(10(8)12)6-14-15-9(16)4-5-13/h1-3,6H,4H2,(H,15,16)/b14-6-. The van der Waals surface area contributed by atoms with Crippen LogP contribution in [0.25, 0.3) is 0 Å². The number of hydrogen-bond donors (Lipinski definition) is 1. The Hall–Kier alpha value is -1.57. The molecule has 0 aliphatic carbocycles. The second-order valence-corrected chi connectivity index (χ2v) is 3.56. The number of amides is 1. The lowest BCUT2D eigenvalue weighted by atomic mass is 10.2. The van der Waals surface area contributed by atoms with Crippen LogP contribution in [0, 0.1) is 11.3 Å². The Morgan fingerprint density at radius 1 is 1.56 bits per heavy atom. The van der Waals surface area contributed by atoms with Crippen LogP contribution in [-0.2, 0) is 4.79 Å². The zero-order valence-corrected chi connectivity index (χ0v) is 9.59. The van der Waals surface area contributed by atoms with E-state index in [2.05, 4.69) is 10.5 Å². The zero-order chi connectivity index (χ0) is 12.0. The van der Waals surface area contributed by atoms with Gasteiger partial charge in [0.2, 0.25) is 0 Å². The highest BCUT2D eigenvalue weighted by Gasteiger charge is 2.01. The molecule has 0 bridgehead atoms. The van der Waals surface area contributed by atoms with E-state index in [4.69, 9.17) is 28.5 Å². The first-order chi connectivity index (χ1) is 7.65. The molecule has 1 aromatic rings. The molecule has 0 unspecified atom stereocenters. The normalized spacial score (nSPS) is 10.1. The summed E-state index contributed by atoms with van der Waals surface area (Å²) in [7, 11) is 0. The van der Waals surface area contributed by atoms with Crippen molar-refractivity contribution in [3.63, 3.8) is 0 Å². The van der Waals surface area contributed by atoms with E-state index in [9.17, 15) is 4.79 Å². The van der Waals surface area contributed by atoms with Crippen molar-refractivity contribution in [2.45, 2.75) is 6.42 Å². The van der Waals surface area contributed by atoms with E-state index in [1.165, 1.54) is 6.21 Å². The molecule has 0 aliphatic rings. The van der Waals surface area contributed by atoms with Crippen molar-refractivity contribution in [1.82, 2.24) is 5.43 Å². The second kappa shape index (κ2) is 6.11. The predicted molar refractivity (Wildman–Crippen MR) is 62.4 cm³/mol. The van der Waals surface area contributed by atoms with Crippen LogP contribution in [0.4, 0.5) is 0 Å². The van der Waals surface area contributed by atoms with Gasteiger partial charge < -0.3 is 0 Å². The molecular formula is C10H7Cl2N3O. The van der Waals surface area contributed by atoms with Gasteiger partial charge in [-0.05, 0) is 6.07 Å². The molecule has 0 fully saturated rings. The molecule has 0 aromatic heterocycles. The van der Waals surface area contributed by atoms with E-state index in [1.807, 2.05) is 0 Å². The van der Waals surface area contributed by atoms with Gasteiger partial charge >= 0.3 is 0 Å². The molecule has 1 rings (SSSR count). The smallest absolute Gasteiger partial charge is 0.254 e. The Labute approximate surface area is 102 Å². The number of nitrogens with zero attached hydrogens (tertiary/aromatic N) is 2. The number of benzene rings is 1. The van der Waals surface area contributed by atoms with Crippen LogP contribution in [0.2, 0.25) is 10.0 Å². The summed E-state index contributed by atoms with van der Waals surface area (Å²) in [6.07, 6.45) is 1.13. The minimum atomic E-state index is -0.475. The third kappa shape index (κ3) is 3.54. The molecule has 4 nitrogen and oxygen atoms in total. The third-order valence-electron chi connectivity index (χ3n) is 1.61. The topological polar surface area (TPSA) is 65.2 Å². The van der Waals surface area contributed by atoms with E-state index in [0.717, 1.165) is 0 Å². The summed E-state index contributed by atoms with van der Waals surface area (Å²) in [5, 5.41) is 12.7. The van der Waals surface area contributed by atoms with Gasteiger partial charge in [0.05, 0.1) is 22.3 Å². The molecule has 0 aliphatic heterocycles. The minimum absolute atomic E-state index is 0.235. The molecule has 82 valence electrons. The third-order valence-corrected chi connectivity index (χ3v) is 2.45. The van der Waals surface area contributed by atoms with Crippen LogP contribution in [-0.4, -0.2) is 12.1 Å². The van der Waals surface area contributed by atoms with Gasteiger partial charge in [0, 0.05) is 5.56 Å². The average Bonchev–Trinajstić information content (AvgIpc) is 2.25. The molecule has 16 heavy (non-hydrogen) atoms. The van der Waals surface area contributed by atoms with Gasteiger partial charge in [-0.25, -0.2) is 5.43 Å². The van der Waals surface area contributed by atoms with Gasteiger partial charge in [-0.3, -0.25) is 4.79 Å². The second-order valence-electron chi connectivity index (χ2n) is 2.77. The van der Waals surface area contributed by atoms with Crippen LogP contribution in [0.5, 0.6) is 0 Å².